The number of rotatable bonds is 3. The second-order valence-electron chi connectivity index (χ2n) is 5.00. The van der Waals surface area contributed by atoms with Gasteiger partial charge in [-0.3, -0.25) is 4.90 Å². The molecule has 0 bridgehead atoms. The quantitative estimate of drug-likeness (QED) is 0.855. The summed E-state index contributed by atoms with van der Waals surface area (Å²) in [6.45, 7) is 1.13. The minimum atomic E-state index is 0.241. The summed E-state index contributed by atoms with van der Waals surface area (Å²) in [6, 6.07) is 5.37. The average molecular weight is 233 g/mol. The van der Waals surface area contributed by atoms with Crippen LogP contribution in [0.3, 0.4) is 0 Å². The monoisotopic (exact) mass is 233 g/mol. The summed E-state index contributed by atoms with van der Waals surface area (Å²) >= 11 is 0. The molecule has 1 aromatic heterocycles. The minimum Gasteiger partial charge on any atom is -0.481 e. The van der Waals surface area contributed by atoms with E-state index >= 15 is 0 Å². The number of hydrogen-bond donors (Lipinski definition) is 1. The van der Waals surface area contributed by atoms with Crippen LogP contribution in [0.4, 0.5) is 0 Å². The predicted octanol–water partition coefficient (Wildman–Crippen LogP) is 1.33. The van der Waals surface area contributed by atoms with Gasteiger partial charge in [-0.2, -0.15) is 0 Å². The minimum absolute atomic E-state index is 0.241. The van der Waals surface area contributed by atoms with E-state index in [-0.39, 0.29) is 6.04 Å². The number of hydrogen-bond acceptors (Lipinski definition) is 4. The molecule has 3 rings (SSSR count). The molecule has 2 heterocycles. The molecule has 1 saturated carbocycles. The van der Waals surface area contributed by atoms with Crippen molar-refractivity contribution in [3.8, 4) is 5.88 Å². The molecule has 17 heavy (non-hydrogen) atoms. The number of aromatic nitrogens is 1. The Kier molecular flexibility index (Phi) is 2.76. The van der Waals surface area contributed by atoms with E-state index in [1.165, 1.54) is 18.4 Å². The van der Waals surface area contributed by atoms with Gasteiger partial charge in [0.1, 0.15) is 0 Å². The lowest BCUT2D eigenvalue weighted by Gasteiger charge is -2.26. The van der Waals surface area contributed by atoms with Gasteiger partial charge in [0.2, 0.25) is 5.88 Å². The Hall–Kier alpha value is -1.13. The highest BCUT2D eigenvalue weighted by molar-refractivity contribution is 5.24. The molecule has 1 aliphatic carbocycles. The van der Waals surface area contributed by atoms with Gasteiger partial charge in [0, 0.05) is 30.9 Å². The molecular formula is C13H19N3O. The number of likely N-dealkylation sites (tertiary alicyclic amines) is 1. The number of ether oxygens (including phenoxy) is 1. The molecule has 0 aromatic carbocycles. The Morgan fingerprint density at radius 2 is 2.18 bits per heavy atom. The van der Waals surface area contributed by atoms with Crippen molar-refractivity contribution in [1.29, 1.82) is 0 Å². The van der Waals surface area contributed by atoms with Crippen LogP contribution in [0.15, 0.2) is 18.3 Å². The molecule has 2 atom stereocenters. The summed E-state index contributed by atoms with van der Waals surface area (Å²) in [4.78, 5) is 6.84. The third kappa shape index (κ3) is 2.03. The van der Waals surface area contributed by atoms with Crippen molar-refractivity contribution in [3.05, 3.63) is 23.9 Å². The molecule has 0 amide bonds. The van der Waals surface area contributed by atoms with Crippen molar-refractivity contribution in [1.82, 2.24) is 9.88 Å². The van der Waals surface area contributed by atoms with E-state index in [2.05, 4.69) is 16.0 Å². The van der Waals surface area contributed by atoms with E-state index in [0.717, 1.165) is 19.0 Å². The maximum Gasteiger partial charge on any atom is 0.212 e. The molecular weight excluding hydrogens is 214 g/mol. The lowest BCUT2D eigenvalue weighted by molar-refractivity contribution is 0.237. The van der Waals surface area contributed by atoms with Gasteiger partial charge in [-0.1, -0.05) is 6.07 Å². The maximum atomic E-state index is 6.24. The normalized spacial score (nSPS) is 29.5. The van der Waals surface area contributed by atoms with E-state index in [0.29, 0.717) is 11.9 Å². The third-order valence-electron chi connectivity index (χ3n) is 3.81. The standard InChI is InChI=1S/C13H19N3O/c1-17-12-5-2-9(8-15-12)13-11(14)6-7-16(13)10-3-4-10/h2,5,8,10-11,13H,3-4,6-7,14H2,1H3. The summed E-state index contributed by atoms with van der Waals surface area (Å²) < 4.78 is 5.09. The molecule has 0 spiro atoms. The molecule has 2 fully saturated rings. The first-order valence-electron chi connectivity index (χ1n) is 6.31. The largest absolute Gasteiger partial charge is 0.481 e. The fourth-order valence-corrected chi connectivity index (χ4v) is 2.78. The van der Waals surface area contributed by atoms with Crippen LogP contribution < -0.4 is 10.5 Å². The Labute approximate surface area is 102 Å². The summed E-state index contributed by atoms with van der Waals surface area (Å²) in [5.41, 5.74) is 7.46. The van der Waals surface area contributed by atoms with E-state index in [1.807, 2.05) is 12.3 Å². The van der Waals surface area contributed by atoms with Gasteiger partial charge < -0.3 is 10.5 Å². The van der Waals surface area contributed by atoms with E-state index in [9.17, 15) is 0 Å². The van der Waals surface area contributed by atoms with Crippen LogP contribution in [0.25, 0.3) is 0 Å². The lowest BCUT2D eigenvalue weighted by atomic mass is 10.0. The molecule has 1 saturated heterocycles. The van der Waals surface area contributed by atoms with Crippen LogP contribution in [0.2, 0.25) is 0 Å². The number of nitrogens with two attached hydrogens (primary N) is 1. The molecule has 2 unspecified atom stereocenters. The highest BCUT2D eigenvalue weighted by atomic mass is 16.5. The van der Waals surface area contributed by atoms with Crippen molar-refractivity contribution < 1.29 is 4.74 Å². The Balaban J connectivity index is 1.84. The van der Waals surface area contributed by atoms with E-state index < -0.39 is 0 Å². The van der Waals surface area contributed by atoms with Crippen LogP contribution >= 0.6 is 0 Å². The molecule has 4 nitrogen and oxygen atoms in total. The van der Waals surface area contributed by atoms with Crippen LogP contribution in [-0.4, -0.2) is 35.6 Å². The Bertz CT molecular complexity index is 388. The van der Waals surface area contributed by atoms with Crippen LogP contribution in [0, 0.1) is 0 Å². The number of methoxy groups -OCH3 is 1. The summed E-state index contributed by atoms with van der Waals surface area (Å²) in [7, 11) is 1.64. The van der Waals surface area contributed by atoms with Gasteiger partial charge in [-0.05, 0) is 24.8 Å². The van der Waals surface area contributed by atoms with Crippen molar-refractivity contribution >= 4 is 0 Å². The van der Waals surface area contributed by atoms with Gasteiger partial charge in [0.25, 0.3) is 0 Å². The van der Waals surface area contributed by atoms with Gasteiger partial charge in [-0.25, -0.2) is 4.98 Å². The van der Waals surface area contributed by atoms with Crippen molar-refractivity contribution in [2.45, 2.75) is 37.4 Å². The van der Waals surface area contributed by atoms with Crippen molar-refractivity contribution in [3.63, 3.8) is 0 Å². The molecule has 4 heteroatoms. The highest BCUT2D eigenvalue weighted by Gasteiger charge is 2.41. The van der Waals surface area contributed by atoms with Gasteiger partial charge in [-0.15, -0.1) is 0 Å². The van der Waals surface area contributed by atoms with E-state index in [4.69, 9.17) is 10.5 Å². The fourth-order valence-electron chi connectivity index (χ4n) is 2.78. The smallest absolute Gasteiger partial charge is 0.212 e. The average Bonchev–Trinajstić information content (AvgIpc) is 3.13. The second-order valence-corrected chi connectivity index (χ2v) is 5.00. The Morgan fingerprint density at radius 1 is 1.35 bits per heavy atom. The molecule has 0 radical (unpaired) electrons. The second kappa shape index (κ2) is 4.27. The van der Waals surface area contributed by atoms with Gasteiger partial charge >= 0.3 is 0 Å². The highest BCUT2D eigenvalue weighted by Crippen LogP contribution is 2.40. The molecule has 92 valence electrons. The predicted molar refractivity (Wildman–Crippen MR) is 65.9 cm³/mol. The zero-order valence-electron chi connectivity index (χ0n) is 10.2. The van der Waals surface area contributed by atoms with Crippen LogP contribution in [0.1, 0.15) is 30.9 Å². The third-order valence-corrected chi connectivity index (χ3v) is 3.81. The van der Waals surface area contributed by atoms with Crippen LogP contribution in [0.5, 0.6) is 5.88 Å². The fraction of sp³-hybridized carbons (Fsp3) is 0.615. The first-order chi connectivity index (χ1) is 8.29. The summed E-state index contributed by atoms with van der Waals surface area (Å²) in [5.74, 6) is 0.665. The first kappa shape index (κ1) is 11.0. The number of nitrogens with zero attached hydrogens (tertiary/aromatic N) is 2. The summed E-state index contributed by atoms with van der Waals surface area (Å²) in [6.07, 6.45) is 5.65. The van der Waals surface area contributed by atoms with Crippen LogP contribution in [-0.2, 0) is 0 Å². The topological polar surface area (TPSA) is 51.4 Å². The molecule has 1 aliphatic heterocycles. The van der Waals surface area contributed by atoms with E-state index in [1.54, 1.807) is 7.11 Å². The number of pyridine rings is 1. The van der Waals surface area contributed by atoms with Gasteiger partial charge in [0.05, 0.1) is 13.2 Å². The van der Waals surface area contributed by atoms with Gasteiger partial charge in [0.15, 0.2) is 0 Å². The first-order valence-corrected chi connectivity index (χ1v) is 6.31. The molecule has 2 aliphatic rings. The SMILES string of the molecule is COc1ccc(C2C(N)CCN2C2CC2)cn1. The lowest BCUT2D eigenvalue weighted by Crippen LogP contribution is -2.33. The Morgan fingerprint density at radius 3 is 2.76 bits per heavy atom. The molecule has 1 aromatic rings. The maximum absolute atomic E-state index is 6.24. The molecule has 2 N–H and O–H groups in total. The zero-order chi connectivity index (χ0) is 11.8. The van der Waals surface area contributed by atoms with Crippen molar-refractivity contribution in [2.75, 3.05) is 13.7 Å². The zero-order valence-corrected chi connectivity index (χ0v) is 10.2. The summed E-state index contributed by atoms with van der Waals surface area (Å²) in [5, 5.41) is 0. The van der Waals surface area contributed by atoms with Crippen molar-refractivity contribution in [2.24, 2.45) is 5.73 Å².